The van der Waals surface area contributed by atoms with Gasteiger partial charge < -0.3 is 9.80 Å². The molecule has 0 unspecified atom stereocenters. The van der Waals surface area contributed by atoms with Crippen molar-refractivity contribution >= 4 is 28.4 Å². The fourth-order valence-electron chi connectivity index (χ4n) is 5.13. The van der Waals surface area contributed by atoms with Crippen molar-refractivity contribution in [1.29, 1.82) is 0 Å². The van der Waals surface area contributed by atoms with Crippen LogP contribution in [0.3, 0.4) is 0 Å². The van der Waals surface area contributed by atoms with Gasteiger partial charge in [-0.3, -0.25) is 4.79 Å². The van der Waals surface area contributed by atoms with E-state index in [1.165, 1.54) is 32.1 Å². The van der Waals surface area contributed by atoms with Crippen LogP contribution in [0.4, 0.5) is 5.95 Å². The molecule has 0 atom stereocenters. The summed E-state index contributed by atoms with van der Waals surface area (Å²) in [4.78, 5) is 22.0. The van der Waals surface area contributed by atoms with Crippen LogP contribution in [0.2, 0.25) is 0 Å². The Bertz CT molecular complexity index is 1080. The molecule has 164 valence electrons. The zero-order valence-corrected chi connectivity index (χ0v) is 18.6. The second-order valence-electron chi connectivity index (χ2n) is 9.30. The minimum absolute atomic E-state index is 0.0350. The standard InChI is InChI=1S/C24H32N6O/c1-17(2)23(31)28-13-8-14-29(16-15-28)24-25-20-12-7-6-11-19(20)22-27-26-21(30(22)24)18-9-4-3-5-10-18/h6-7,11-12,17-18H,3-5,8-10,13-16H2,1-2H3. The number of anilines is 1. The number of carbonyl (C=O) groups excluding carboxylic acids is 1. The highest BCUT2D eigenvalue weighted by molar-refractivity contribution is 5.92. The first-order valence-electron chi connectivity index (χ1n) is 11.8. The third-order valence-electron chi connectivity index (χ3n) is 6.81. The van der Waals surface area contributed by atoms with E-state index in [0.717, 1.165) is 60.9 Å². The Kier molecular flexibility index (Phi) is 5.50. The maximum Gasteiger partial charge on any atom is 0.225 e. The first-order valence-corrected chi connectivity index (χ1v) is 11.8. The molecule has 2 aliphatic rings. The first-order chi connectivity index (χ1) is 15.1. The van der Waals surface area contributed by atoms with Crippen molar-refractivity contribution in [2.75, 3.05) is 31.1 Å². The molecule has 31 heavy (non-hydrogen) atoms. The number of hydrogen-bond acceptors (Lipinski definition) is 5. The number of rotatable bonds is 3. The molecule has 1 aliphatic carbocycles. The molecule has 2 aromatic heterocycles. The lowest BCUT2D eigenvalue weighted by Gasteiger charge is -2.26. The number of nitrogens with zero attached hydrogens (tertiary/aromatic N) is 6. The molecule has 1 aliphatic heterocycles. The summed E-state index contributed by atoms with van der Waals surface area (Å²) < 4.78 is 2.22. The number of carbonyl (C=O) groups is 1. The Hall–Kier alpha value is -2.70. The van der Waals surface area contributed by atoms with Crippen molar-refractivity contribution in [3.8, 4) is 0 Å². The third kappa shape index (κ3) is 3.75. The molecule has 5 rings (SSSR count). The summed E-state index contributed by atoms with van der Waals surface area (Å²) in [5.74, 6) is 2.70. The molecule has 3 heterocycles. The van der Waals surface area contributed by atoms with E-state index in [1.807, 2.05) is 30.9 Å². The van der Waals surface area contributed by atoms with Gasteiger partial charge in [-0.15, -0.1) is 10.2 Å². The van der Waals surface area contributed by atoms with Gasteiger partial charge in [0, 0.05) is 43.4 Å². The topological polar surface area (TPSA) is 66.6 Å². The Balaban J connectivity index is 1.58. The number of para-hydroxylation sites is 1. The number of fused-ring (bicyclic) bond motifs is 3. The highest BCUT2D eigenvalue weighted by Gasteiger charge is 2.27. The Morgan fingerprint density at radius 3 is 2.58 bits per heavy atom. The maximum absolute atomic E-state index is 12.6. The van der Waals surface area contributed by atoms with Crippen LogP contribution >= 0.6 is 0 Å². The molecule has 1 saturated heterocycles. The lowest BCUT2D eigenvalue weighted by atomic mass is 9.89. The summed E-state index contributed by atoms with van der Waals surface area (Å²) in [5.41, 5.74) is 1.85. The van der Waals surface area contributed by atoms with E-state index < -0.39 is 0 Å². The molecule has 2 fully saturated rings. The molecule has 0 N–H and O–H groups in total. The van der Waals surface area contributed by atoms with Gasteiger partial charge in [0.1, 0.15) is 5.82 Å². The van der Waals surface area contributed by atoms with Gasteiger partial charge in [0.2, 0.25) is 11.9 Å². The Morgan fingerprint density at radius 1 is 0.968 bits per heavy atom. The summed E-state index contributed by atoms with van der Waals surface area (Å²) in [5, 5.41) is 10.4. The smallest absolute Gasteiger partial charge is 0.225 e. The molecular formula is C24H32N6O. The largest absolute Gasteiger partial charge is 0.341 e. The second kappa shape index (κ2) is 8.44. The Morgan fingerprint density at radius 2 is 1.77 bits per heavy atom. The molecule has 3 aromatic rings. The van der Waals surface area contributed by atoms with Crippen LogP contribution < -0.4 is 4.90 Å². The second-order valence-corrected chi connectivity index (χ2v) is 9.30. The van der Waals surface area contributed by atoms with E-state index in [-0.39, 0.29) is 11.8 Å². The summed E-state index contributed by atoms with van der Waals surface area (Å²) in [6.45, 7) is 7.15. The minimum Gasteiger partial charge on any atom is -0.341 e. The average molecular weight is 421 g/mol. The van der Waals surface area contributed by atoms with Gasteiger partial charge in [-0.1, -0.05) is 45.2 Å². The molecule has 0 bridgehead atoms. The van der Waals surface area contributed by atoms with Crippen molar-refractivity contribution in [3.05, 3.63) is 30.1 Å². The molecular weight excluding hydrogens is 388 g/mol. The van der Waals surface area contributed by atoms with Gasteiger partial charge in [-0.2, -0.15) is 0 Å². The summed E-state index contributed by atoms with van der Waals surface area (Å²) in [7, 11) is 0. The van der Waals surface area contributed by atoms with E-state index in [4.69, 9.17) is 10.1 Å². The van der Waals surface area contributed by atoms with E-state index >= 15 is 0 Å². The van der Waals surface area contributed by atoms with Crippen molar-refractivity contribution < 1.29 is 4.79 Å². The van der Waals surface area contributed by atoms with Crippen LogP contribution in [0.5, 0.6) is 0 Å². The van der Waals surface area contributed by atoms with Crippen molar-refractivity contribution in [1.82, 2.24) is 24.5 Å². The number of amides is 1. The lowest BCUT2D eigenvalue weighted by Crippen LogP contribution is -2.38. The molecule has 1 amide bonds. The zero-order valence-electron chi connectivity index (χ0n) is 18.6. The van der Waals surface area contributed by atoms with Crippen LogP contribution in [0.15, 0.2) is 24.3 Å². The van der Waals surface area contributed by atoms with Crippen LogP contribution in [-0.2, 0) is 4.79 Å². The monoisotopic (exact) mass is 420 g/mol. The van der Waals surface area contributed by atoms with Gasteiger partial charge >= 0.3 is 0 Å². The van der Waals surface area contributed by atoms with Gasteiger partial charge in [0.15, 0.2) is 5.65 Å². The van der Waals surface area contributed by atoms with Gasteiger partial charge in [0.05, 0.1) is 5.52 Å². The molecule has 7 nitrogen and oxygen atoms in total. The predicted octanol–water partition coefficient (Wildman–Crippen LogP) is 4.02. The Labute approximate surface area is 183 Å². The predicted molar refractivity (Wildman–Crippen MR) is 122 cm³/mol. The summed E-state index contributed by atoms with van der Waals surface area (Å²) >= 11 is 0. The molecule has 0 radical (unpaired) electrons. The van der Waals surface area contributed by atoms with E-state index in [9.17, 15) is 4.79 Å². The normalized spacial score (nSPS) is 18.8. The highest BCUT2D eigenvalue weighted by Crippen LogP contribution is 2.34. The summed E-state index contributed by atoms with van der Waals surface area (Å²) in [6, 6.07) is 8.21. The first kappa shape index (κ1) is 20.2. The van der Waals surface area contributed by atoms with E-state index in [2.05, 4.69) is 26.5 Å². The van der Waals surface area contributed by atoms with Crippen molar-refractivity contribution in [2.45, 2.75) is 58.3 Å². The molecule has 1 aromatic carbocycles. The lowest BCUT2D eigenvalue weighted by molar-refractivity contribution is -0.134. The van der Waals surface area contributed by atoms with Gasteiger partial charge in [-0.05, 0) is 31.4 Å². The SMILES string of the molecule is CC(C)C(=O)N1CCCN(c2nc3ccccc3c3nnc(C4CCCCC4)n23)CC1. The van der Waals surface area contributed by atoms with Crippen molar-refractivity contribution in [3.63, 3.8) is 0 Å². The fourth-order valence-corrected chi connectivity index (χ4v) is 5.13. The van der Waals surface area contributed by atoms with Gasteiger partial charge in [0.25, 0.3) is 0 Å². The van der Waals surface area contributed by atoms with Crippen LogP contribution in [0, 0.1) is 5.92 Å². The van der Waals surface area contributed by atoms with Crippen LogP contribution in [0.1, 0.15) is 64.1 Å². The average Bonchev–Trinajstić information content (AvgIpc) is 3.10. The fraction of sp³-hybridized carbons (Fsp3) is 0.583. The van der Waals surface area contributed by atoms with Crippen LogP contribution in [-0.4, -0.2) is 56.6 Å². The third-order valence-corrected chi connectivity index (χ3v) is 6.81. The van der Waals surface area contributed by atoms with Gasteiger partial charge in [-0.25, -0.2) is 9.38 Å². The van der Waals surface area contributed by atoms with Crippen molar-refractivity contribution in [2.24, 2.45) is 5.92 Å². The quantitative estimate of drug-likeness (QED) is 0.640. The molecule has 1 saturated carbocycles. The molecule has 7 heteroatoms. The zero-order chi connectivity index (χ0) is 21.4. The molecule has 0 spiro atoms. The highest BCUT2D eigenvalue weighted by atomic mass is 16.2. The van der Waals surface area contributed by atoms with E-state index in [0.29, 0.717) is 5.92 Å². The van der Waals surface area contributed by atoms with Crippen LogP contribution in [0.25, 0.3) is 16.6 Å². The summed E-state index contributed by atoms with van der Waals surface area (Å²) in [6.07, 6.45) is 7.10. The number of aromatic nitrogens is 4. The number of benzene rings is 1. The number of hydrogen-bond donors (Lipinski definition) is 0. The van der Waals surface area contributed by atoms with E-state index in [1.54, 1.807) is 0 Å². The minimum atomic E-state index is 0.0350. The maximum atomic E-state index is 12.6.